The Hall–Kier alpha value is -2.33. The molecule has 10 heteroatoms. The number of nitrogens with two attached hydrogens (primary N) is 1. The maximum absolute atomic E-state index is 12.8. The summed E-state index contributed by atoms with van der Waals surface area (Å²) in [5, 5.41) is 0. The van der Waals surface area contributed by atoms with Crippen molar-refractivity contribution in [2.45, 2.75) is 50.6 Å². The maximum Gasteiger partial charge on any atom is 0.573 e. The first-order valence-electron chi connectivity index (χ1n) is 12.3. The highest BCUT2D eigenvalue weighted by atomic mass is 19.4. The van der Waals surface area contributed by atoms with E-state index in [1.807, 2.05) is 6.20 Å². The number of nitrogens with zero attached hydrogens (tertiary/aromatic N) is 5. The van der Waals surface area contributed by atoms with E-state index >= 15 is 0 Å². The zero-order valence-corrected chi connectivity index (χ0v) is 19.3. The largest absolute Gasteiger partial charge is 0.573 e. The predicted molar refractivity (Wildman–Crippen MR) is 121 cm³/mol. The van der Waals surface area contributed by atoms with Crippen LogP contribution in [0.3, 0.4) is 0 Å². The number of hydrogen-bond donors (Lipinski definition) is 1. The van der Waals surface area contributed by atoms with Gasteiger partial charge in [-0.1, -0.05) is 0 Å². The average Bonchev–Trinajstić information content (AvgIpc) is 3.62. The van der Waals surface area contributed by atoms with Gasteiger partial charge in [0.2, 0.25) is 0 Å². The number of imidazole rings is 1. The molecular formula is C24H31F3N6O. The molecule has 1 unspecified atom stereocenters. The number of pyridine rings is 1. The van der Waals surface area contributed by atoms with Gasteiger partial charge in [-0.15, -0.1) is 13.2 Å². The lowest BCUT2D eigenvalue weighted by atomic mass is 10.1. The minimum atomic E-state index is -4.82. The number of alkyl halides is 3. The molecule has 0 aromatic carbocycles. The van der Waals surface area contributed by atoms with E-state index in [4.69, 9.17) is 10.7 Å². The van der Waals surface area contributed by atoms with E-state index in [-0.39, 0.29) is 5.82 Å². The van der Waals surface area contributed by atoms with Crippen LogP contribution < -0.4 is 10.5 Å². The van der Waals surface area contributed by atoms with Crippen molar-refractivity contribution < 1.29 is 17.9 Å². The molecule has 2 aromatic rings. The van der Waals surface area contributed by atoms with Crippen LogP contribution in [-0.2, 0) is 6.42 Å². The van der Waals surface area contributed by atoms with Gasteiger partial charge in [-0.3, -0.25) is 4.90 Å². The van der Waals surface area contributed by atoms with Crippen molar-refractivity contribution >= 4 is 5.82 Å². The van der Waals surface area contributed by atoms with Gasteiger partial charge in [0.05, 0.1) is 5.69 Å². The van der Waals surface area contributed by atoms with Gasteiger partial charge in [0.15, 0.2) is 11.6 Å². The standard InChI is InChI=1S/C24H31F3N6O/c1-31-4-6-32(7-5-31)16-10-17-18(11-16)22(17)33-13-19(30-21(33)8-14-2-3-14)15-9-20(23(28)29-12-15)34-24(25,26)27/h9,12-14,16-18,22H,2-8,10-11H2,1H3,(H2,28,29)/t16?,17-,18+,22+. The third-order valence-electron chi connectivity index (χ3n) is 8.13. The van der Waals surface area contributed by atoms with Gasteiger partial charge in [-0.2, -0.15) is 0 Å². The number of piperazine rings is 1. The SMILES string of the molecule is CN1CCN(C2C[C@@H]3[C@H](C2)[C@H]3n2cc(-c3cnc(N)c(OC(F)(F)F)c3)nc2CC2CC2)CC1. The molecule has 3 saturated carbocycles. The summed E-state index contributed by atoms with van der Waals surface area (Å²) in [4.78, 5) is 13.8. The summed E-state index contributed by atoms with van der Waals surface area (Å²) < 4.78 is 44.7. The predicted octanol–water partition coefficient (Wildman–Crippen LogP) is 3.58. The Morgan fingerprint density at radius 2 is 1.82 bits per heavy atom. The van der Waals surface area contributed by atoms with E-state index in [9.17, 15) is 13.2 Å². The molecule has 3 heterocycles. The second-order valence-electron chi connectivity index (χ2n) is 10.5. The highest BCUT2D eigenvalue weighted by Crippen LogP contribution is 2.62. The van der Waals surface area contributed by atoms with Crippen molar-refractivity contribution in [1.29, 1.82) is 0 Å². The van der Waals surface area contributed by atoms with Crippen molar-refractivity contribution in [3.05, 3.63) is 24.3 Å². The molecule has 0 amide bonds. The van der Waals surface area contributed by atoms with Crippen molar-refractivity contribution in [2.24, 2.45) is 17.8 Å². The molecule has 4 atom stereocenters. The summed E-state index contributed by atoms with van der Waals surface area (Å²) >= 11 is 0. The molecule has 4 aliphatic rings. The summed E-state index contributed by atoms with van der Waals surface area (Å²) in [5.74, 6) is 2.27. The fourth-order valence-corrected chi connectivity index (χ4v) is 6.04. The highest BCUT2D eigenvalue weighted by Gasteiger charge is 2.58. The number of aromatic nitrogens is 3. The lowest BCUT2D eigenvalue weighted by Gasteiger charge is -2.37. The van der Waals surface area contributed by atoms with Gasteiger partial charge >= 0.3 is 6.36 Å². The lowest BCUT2D eigenvalue weighted by Crippen LogP contribution is -2.48. The average molecular weight is 477 g/mol. The molecule has 4 fully saturated rings. The van der Waals surface area contributed by atoms with Gasteiger partial charge < -0.3 is 19.9 Å². The van der Waals surface area contributed by atoms with Gasteiger partial charge in [0.25, 0.3) is 0 Å². The number of likely N-dealkylation sites (N-methyl/N-ethyl adjacent to an activating group) is 1. The number of halogens is 3. The molecule has 0 bridgehead atoms. The quantitative estimate of drug-likeness (QED) is 0.687. The Labute approximate surface area is 197 Å². The van der Waals surface area contributed by atoms with Crippen molar-refractivity contribution in [1.82, 2.24) is 24.3 Å². The lowest BCUT2D eigenvalue weighted by molar-refractivity contribution is -0.274. The third kappa shape index (κ3) is 4.37. The zero-order chi connectivity index (χ0) is 23.6. The second kappa shape index (κ2) is 8.12. The Morgan fingerprint density at radius 3 is 2.47 bits per heavy atom. The Kier molecular flexibility index (Phi) is 5.29. The van der Waals surface area contributed by atoms with Gasteiger partial charge in [0, 0.05) is 62.6 Å². The van der Waals surface area contributed by atoms with Crippen molar-refractivity contribution in [2.75, 3.05) is 39.0 Å². The van der Waals surface area contributed by atoms with Crippen molar-refractivity contribution in [3.63, 3.8) is 0 Å². The molecule has 0 spiro atoms. The molecule has 184 valence electrons. The Balaban J connectivity index is 1.21. The zero-order valence-electron chi connectivity index (χ0n) is 19.3. The highest BCUT2D eigenvalue weighted by molar-refractivity contribution is 5.64. The van der Waals surface area contributed by atoms with E-state index in [2.05, 4.69) is 31.1 Å². The van der Waals surface area contributed by atoms with Crippen LogP contribution in [-0.4, -0.2) is 70.0 Å². The van der Waals surface area contributed by atoms with Crippen LogP contribution in [0, 0.1) is 17.8 Å². The topological polar surface area (TPSA) is 72.4 Å². The van der Waals surface area contributed by atoms with Gasteiger partial charge in [-0.05, 0) is 56.6 Å². The van der Waals surface area contributed by atoms with E-state index in [1.165, 1.54) is 37.9 Å². The van der Waals surface area contributed by atoms with E-state index < -0.39 is 12.1 Å². The molecule has 6 rings (SSSR count). The van der Waals surface area contributed by atoms with Gasteiger partial charge in [-0.25, -0.2) is 9.97 Å². The summed E-state index contributed by atoms with van der Waals surface area (Å²) in [7, 11) is 2.19. The Bertz CT molecular complexity index is 1050. The number of fused-ring (bicyclic) bond motifs is 1. The fourth-order valence-electron chi connectivity index (χ4n) is 6.04. The van der Waals surface area contributed by atoms with Crippen LogP contribution in [0.4, 0.5) is 19.0 Å². The van der Waals surface area contributed by atoms with Gasteiger partial charge in [0.1, 0.15) is 5.82 Å². The molecule has 3 aliphatic carbocycles. The maximum atomic E-state index is 12.8. The molecule has 34 heavy (non-hydrogen) atoms. The first kappa shape index (κ1) is 22.2. The molecule has 0 radical (unpaired) electrons. The van der Waals surface area contributed by atoms with E-state index in [0.717, 1.165) is 38.4 Å². The van der Waals surface area contributed by atoms with Crippen LogP contribution in [0.15, 0.2) is 18.5 Å². The van der Waals surface area contributed by atoms with Crippen molar-refractivity contribution in [3.8, 4) is 17.0 Å². The van der Waals surface area contributed by atoms with Crippen LogP contribution in [0.5, 0.6) is 5.75 Å². The van der Waals surface area contributed by atoms with Crippen LogP contribution in [0.1, 0.15) is 37.5 Å². The second-order valence-corrected chi connectivity index (χ2v) is 10.5. The molecule has 1 aliphatic heterocycles. The third-order valence-corrected chi connectivity index (χ3v) is 8.13. The fraction of sp³-hybridized carbons (Fsp3) is 0.667. The molecule has 2 N–H and O–H groups in total. The van der Waals surface area contributed by atoms with E-state index in [0.29, 0.717) is 41.1 Å². The monoisotopic (exact) mass is 476 g/mol. The minimum absolute atomic E-state index is 0.287. The number of rotatable bonds is 6. The summed E-state index contributed by atoms with van der Waals surface area (Å²) in [6.45, 7) is 4.59. The first-order chi connectivity index (χ1) is 16.2. The van der Waals surface area contributed by atoms with Crippen LogP contribution in [0.2, 0.25) is 0 Å². The van der Waals surface area contributed by atoms with Crippen LogP contribution >= 0.6 is 0 Å². The molecule has 2 aromatic heterocycles. The van der Waals surface area contributed by atoms with Crippen LogP contribution in [0.25, 0.3) is 11.3 Å². The number of anilines is 1. The molecule has 1 saturated heterocycles. The summed E-state index contributed by atoms with van der Waals surface area (Å²) in [6.07, 6.45) is 4.48. The first-order valence-corrected chi connectivity index (χ1v) is 12.3. The smallest absolute Gasteiger partial charge is 0.402 e. The summed E-state index contributed by atoms with van der Waals surface area (Å²) in [5.41, 5.74) is 6.74. The van der Waals surface area contributed by atoms with E-state index in [1.54, 1.807) is 0 Å². The molecular weight excluding hydrogens is 445 g/mol. The number of ether oxygens (including phenoxy) is 1. The number of hydrogen-bond acceptors (Lipinski definition) is 6. The normalized spacial score (nSPS) is 29.9. The molecule has 7 nitrogen and oxygen atoms in total. The minimum Gasteiger partial charge on any atom is -0.402 e. The Morgan fingerprint density at radius 1 is 1.12 bits per heavy atom. The number of nitrogen functional groups attached to an aromatic ring is 1. The summed E-state index contributed by atoms with van der Waals surface area (Å²) in [6, 6.07) is 2.42.